The summed E-state index contributed by atoms with van der Waals surface area (Å²) in [5.74, 6) is -0.0764. The van der Waals surface area contributed by atoms with E-state index in [0.717, 1.165) is 5.69 Å². The Morgan fingerprint density at radius 3 is 2.38 bits per heavy atom. The van der Waals surface area contributed by atoms with Crippen LogP contribution in [0.25, 0.3) is 5.69 Å². The number of aromatic nitrogens is 3. The van der Waals surface area contributed by atoms with Crippen molar-refractivity contribution in [3.63, 3.8) is 0 Å². The van der Waals surface area contributed by atoms with Crippen molar-refractivity contribution in [1.82, 2.24) is 15.0 Å². The van der Waals surface area contributed by atoms with Gasteiger partial charge in [0.2, 0.25) is 5.78 Å². The third-order valence-corrected chi connectivity index (χ3v) is 3.28. The molecule has 0 fully saturated rings. The third-order valence-electron chi connectivity index (χ3n) is 3.03. The van der Waals surface area contributed by atoms with Gasteiger partial charge in [-0.1, -0.05) is 35.0 Å². The summed E-state index contributed by atoms with van der Waals surface area (Å²) < 4.78 is 1.43. The number of rotatable bonds is 3. The molecule has 3 aromatic rings. The van der Waals surface area contributed by atoms with Gasteiger partial charge in [0.25, 0.3) is 0 Å². The number of carbonyl (C=O) groups is 1. The lowest BCUT2D eigenvalue weighted by molar-refractivity contribution is 0.103. The van der Waals surface area contributed by atoms with Crippen LogP contribution in [-0.4, -0.2) is 20.8 Å². The molecular weight excluding hydrogens is 288 g/mol. The summed E-state index contributed by atoms with van der Waals surface area (Å²) in [6.07, 6.45) is 0. The lowest BCUT2D eigenvalue weighted by Gasteiger charge is -2.03. The van der Waals surface area contributed by atoms with Crippen LogP contribution in [-0.2, 0) is 0 Å². The highest BCUT2D eigenvalue weighted by Crippen LogP contribution is 2.19. The molecule has 0 unspecified atom stereocenters. The topological polar surface area (TPSA) is 73.8 Å². The summed E-state index contributed by atoms with van der Waals surface area (Å²) in [4.78, 5) is 12.4. The molecule has 0 saturated heterocycles. The van der Waals surface area contributed by atoms with Crippen LogP contribution in [0.2, 0.25) is 5.02 Å². The van der Waals surface area contributed by atoms with Crippen LogP contribution >= 0.6 is 11.6 Å². The number of nitrogens with zero attached hydrogens (tertiary/aromatic N) is 3. The molecule has 0 bridgehead atoms. The fourth-order valence-corrected chi connectivity index (χ4v) is 2.07. The van der Waals surface area contributed by atoms with E-state index < -0.39 is 0 Å². The van der Waals surface area contributed by atoms with Gasteiger partial charge in [-0.2, -0.15) is 4.68 Å². The van der Waals surface area contributed by atoms with Crippen LogP contribution in [0.15, 0.2) is 54.6 Å². The highest BCUT2D eigenvalue weighted by atomic mass is 35.5. The van der Waals surface area contributed by atoms with Gasteiger partial charge in [0.05, 0.1) is 5.69 Å². The van der Waals surface area contributed by atoms with Gasteiger partial charge in [0.15, 0.2) is 11.5 Å². The second-order valence-electron chi connectivity index (χ2n) is 4.41. The van der Waals surface area contributed by atoms with Gasteiger partial charge in [-0.3, -0.25) is 4.79 Å². The summed E-state index contributed by atoms with van der Waals surface area (Å²) in [6.45, 7) is 0. The zero-order valence-electron chi connectivity index (χ0n) is 10.9. The molecule has 0 radical (unpaired) electrons. The van der Waals surface area contributed by atoms with E-state index in [9.17, 15) is 4.79 Å². The van der Waals surface area contributed by atoms with Crippen LogP contribution < -0.4 is 5.73 Å². The second kappa shape index (κ2) is 5.38. The summed E-state index contributed by atoms with van der Waals surface area (Å²) in [5, 5.41) is 8.40. The maximum Gasteiger partial charge on any atom is 0.217 e. The Morgan fingerprint density at radius 1 is 1.05 bits per heavy atom. The SMILES string of the molecule is Nc1c(C(=O)c2ccc(Cl)cc2)nnn1-c1ccccc1. The van der Waals surface area contributed by atoms with E-state index in [1.54, 1.807) is 24.3 Å². The lowest BCUT2D eigenvalue weighted by atomic mass is 10.1. The van der Waals surface area contributed by atoms with Gasteiger partial charge in [-0.25, -0.2) is 0 Å². The van der Waals surface area contributed by atoms with Gasteiger partial charge in [0, 0.05) is 10.6 Å². The molecule has 0 aliphatic carbocycles. The number of hydrogen-bond donors (Lipinski definition) is 1. The number of anilines is 1. The molecule has 0 atom stereocenters. The number of nitrogen functional groups attached to an aromatic ring is 1. The molecule has 104 valence electrons. The van der Waals surface area contributed by atoms with Crippen molar-refractivity contribution in [2.75, 3.05) is 5.73 Å². The number of nitrogens with two attached hydrogens (primary N) is 1. The average Bonchev–Trinajstić information content (AvgIpc) is 2.90. The van der Waals surface area contributed by atoms with Gasteiger partial charge in [-0.05, 0) is 36.4 Å². The predicted molar refractivity (Wildman–Crippen MR) is 80.7 cm³/mol. The van der Waals surface area contributed by atoms with E-state index >= 15 is 0 Å². The average molecular weight is 299 g/mol. The predicted octanol–water partition coefficient (Wildman–Crippen LogP) is 2.73. The molecule has 21 heavy (non-hydrogen) atoms. The van der Waals surface area contributed by atoms with Crippen molar-refractivity contribution in [2.24, 2.45) is 0 Å². The maximum absolute atomic E-state index is 12.4. The minimum atomic E-state index is -0.286. The van der Waals surface area contributed by atoms with Crippen molar-refractivity contribution in [1.29, 1.82) is 0 Å². The number of carbonyl (C=O) groups excluding carboxylic acids is 1. The van der Waals surface area contributed by atoms with Crippen molar-refractivity contribution < 1.29 is 4.79 Å². The van der Waals surface area contributed by atoms with E-state index in [-0.39, 0.29) is 17.3 Å². The number of benzene rings is 2. The van der Waals surface area contributed by atoms with E-state index in [1.807, 2.05) is 30.3 Å². The molecule has 3 rings (SSSR count). The monoisotopic (exact) mass is 298 g/mol. The maximum atomic E-state index is 12.4. The zero-order chi connectivity index (χ0) is 14.8. The number of para-hydroxylation sites is 1. The number of ketones is 1. The first-order chi connectivity index (χ1) is 10.2. The first kappa shape index (κ1) is 13.3. The largest absolute Gasteiger partial charge is 0.382 e. The Balaban J connectivity index is 1.99. The second-order valence-corrected chi connectivity index (χ2v) is 4.84. The molecule has 0 aliphatic heterocycles. The molecule has 0 saturated carbocycles. The van der Waals surface area contributed by atoms with Gasteiger partial charge < -0.3 is 5.73 Å². The quantitative estimate of drug-likeness (QED) is 0.755. The molecule has 5 nitrogen and oxygen atoms in total. The molecule has 6 heteroatoms. The Morgan fingerprint density at radius 2 is 1.71 bits per heavy atom. The summed E-state index contributed by atoms with van der Waals surface area (Å²) in [7, 11) is 0. The minimum absolute atomic E-state index is 0.126. The van der Waals surface area contributed by atoms with Crippen molar-refractivity contribution >= 4 is 23.2 Å². The minimum Gasteiger partial charge on any atom is -0.382 e. The zero-order valence-corrected chi connectivity index (χ0v) is 11.7. The summed E-state index contributed by atoms with van der Waals surface area (Å²) >= 11 is 5.81. The first-order valence-corrected chi connectivity index (χ1v) is 6.61. The van der Waals surface area contributed by atoms with Crippen molar-refractivity contribution in [3.05, 3.63) is 70.9 Å². The highest BCUT2D eigenvalue weighted by Gasteiger charge is 2.19. The van der Waals surface area contributed by atoms with Crippen LogP contribution in [0.3, 0.4) is 0 Å². The van der Waals surface area contributed by atoms with E-state index in [0.29, 0.717) is 10.6 Å². The Labute approximate surface area is 126 Å². The van der Waals surface area contributed by atoms with Crippen molar-refractivity contribution in [2.45, 2.75) is 0 Å². The lowest BCUT2D eigenvalue weighted by Crippen LogP contribution is -2.07. The van der Waals surface area contributed by atoms with Crippen LogP contribution in [0.5, 0.6) is 0 Å². The fourth-order valence-electron chi connectivity index (χ4n) is 1.95. The van der Waals surface area contributed by atoms with Crippen molar-refractivity contribution in [3.8, 4) is 5.69 Å². The van der Waals surface area contributed by atoms with Crippen LogP contribution in [0, 0.1) is 0 Å². The molecule has 2 aromatic carbocycles. The van der Waals surface area contributed by atoms with Crippen LogP contribution in [0.1, 0.15) is 16.1 Å². The van der Waals surface area contributed by atoms with Crippen LogP contribution in [0.4, 0.5) is 5.82 Å². The smallest absolute Gasteiger partial charge is 0.217 e. The molecular formula is C15H11ClN4O. The Kier molecular flexibility index (Phi) is 3.41. The van der Waals surface area contributed by atoms with E-state index in [2.05, 4.69) is 10.3 Å². The number of hydrogen-bond acceptors (Lipinski definition) is 4. The first-order valence-electron chi connectivity index (χ1n) is 6.23. The van der Waals surface area contributed by atoms with Gasteiger partial charge in [0.1, 0.15) is 0 Å². The molecule has 0 amide bonds. The standard InChI is InChI=1S/C15H11ClN4O/c16-11-8-6-10(7-9-11)14(21)13-15(17)20(19-18-13)12-4-2-1-3-5-12/h1-9H,17H2. The Bertz CT molecular complexity index is 781. The highest BCUT2D eigenvalue weighted by molar-refractivity contribution is 6.30. The molecule has 1 aromatic heterocycles. The van der Waals surface area contributed by atoms with E-state index in [4.69, 9.17) is 17.3 Å². The van der Waals surface area contributed by atoms with Gasteiger partial charge >= 0.3 is 0 Å². The Hall–Kier alpha value is -2.66. The molecule has 2 N–H and O–H groups in total. The third kappa shape index (κ3) is 2.51. The molecule has 0 aliphatic rings. The fraction of sp³-hybridized carbons (Fsp3) is 0. The summed E-state index contributed by atoms with van der Waals surface area (Å²) in [5.41, 5.74) is 7.33. The normalized spacial score (nSPS) is 10.5. The van der Waals surface area contributed by atoms with Gasteiger partial charge in [-0.15, -0.1) is 5.10 Å². The summed E-state index contributed by atoms with van der Waals surface area (Å²) in [6, 6.07) is 15.8. The molecule has 0 spiro atoms. The molecule has 1 heterocycles. The van der Waals surface area contributed by atoms with E-state index in [1.165, 1.54) is 4.68 Å². The number of halogens is 1.